The van der Waals surface area contributed by atoms with Crippen molar-refractivity contribution in [2.24, 2.45) is 17.8 Å². The second-order valence-corrected chi connectivity index (χ2v) is 6.04. The predicted molar refractivity (Wildman–Crippen MR) is 67.7 cm³/mol. The Morgan fingerprint density at radius 1 is 1.22 bits per heavy atom. The Morgan fingerprint density at radius 3 is 2.39 bits per heavy atom. The van der Waals surface area contributed by atoms with Gasteiger partial charge in [-0.25, -0.2) is 0 Å². The molecule has 4 nitrogen and oxygen atoms in total. The zero-order valence-corrected chi connectivity index (χ0v) is 11.0. The molecule has 1 N–H and O–H groups in total. The van der Waals surface area contributed by atoms with Crippen molar-refractivity contribution in [1.29, 1.82) is 0 Å². The molecule has 4 heteroatoms. The number of hydrogen-bond donors (Lipinski definition) is 1. The minimum Gasteiger partial charge on any atom is -0.312 e. The molecule has 18 heavy (non-hydrogen) atoms. The molecule has 0 aromatic heterocycles. The Kier molecular flexibility index (Phi) is 3.14. The van der Waals surface area contributed by atoms with Gasteiger partial charge in [0, 0.05) is 12.6 Å². The van der Waals surface area contributed by atoms with Crippen LogP contribution in [0.3, 0.4) is 0 Å². The van der Waals surface area contributed by atoms with Gasteiger partial charge in [0.1, 0.15) is 0 Å². The summed E-state index contributed by atoms with van der Waals surface area (Å²) >= 11 is 0. The van der Waals surface area contributed by atoms with E-state index < -0.39 is 0 Å². The number of carbonyl (C=O) groups excluding carboxylic acids is 2. The van der Waals surface area contributed by atoms with Crippen LogP contribution >= 0.6 is 0 Å². The summed E-state index contributed by atoms with van der Waals surface area (Å²) in [6, 6.07) is 0.332. The molecule has 0 spiro atoms. The summed E-state index contributed by atoms with van der Waals surface area (Å²) in [7, 11) is 0. The van der Waals surface area contributed by atoms with Crippen LogP contribution < -0.4 is 5.32 Å². The van der Waals surface area contributed by atoms with E-state index in [-0.39, 0.29) is 23.7 Å². The molecule has 0 aromatic rings. The van der Waals surface area contributed by atoms with E-state index in [9.17, 15) is 9.59 Å². The predicted octanol–water partition coefficient (Wildman–Crippen LogP) is 1.16. The molecule has 2 heterocycles. The lowest BCUT2D eigenvalue weighted by Crippen LogP contribution is -2.41. The van der Waals surface area contributed by atoms with E-state index in [4.69, 9.17) is 0 Å². The number of imide groups is 1. The summed E-state index contributed by atoms with van der Waals surface area (Å²) in [6.45, 7) is 3.77. The first kappa shape index (κ1) is 12.2. The molecule has 0 radical (unpaired) electrons. The summed E-state index contributed by atoms with van der Waals surface area (Å²) < 4.78 is 0. The summed E-state index contributed by atoms with van der Waals surface area (Å²) in [5, 5.41) is 3.36. The third kappa shape index (κ3) is 1.87. The molecule has 2 saturated heterocycles. The maximum Gasteiger partial charge on any atom is 0.233 e. The van der Waals surface area contributed by atoms with Gasteiger partial charge in [-0.3, -0.25) is 14.5 Å². The van der Waals surface area contributed by atoms with Gasteiger partial charge in [-0.2, -0.15) is 0 Å². The van der Waals surface area contributed by atoms with Crippen molar-refractivity contribution < 1.29 is 9.59 Å². The minimum absolute atomic E-state index is 0.00357. The minimum atomic E-state index is 0.00357. The molecule has 1 saturated carbocycles. The summed E-state index contributed by atoms with van der Waals surface area (Å²) in [5.74, 6) is 0.802. The number of nitrogens with zero attached hydrogens (tertiary/aromatic N) is 1. The van der Waals surface area contributed by atoms with Crippen molar-refractivity contribution in [3.05, 3.63) is 0 Å². The van der Waals surface area contributed by atoms with Crippen LogP contribution in [0.15, 0.2) is 0 Å². The fourth-order valence-electron chi connectivity index (χ4n) is 3.84. The zero-order chi connectivity index (χ0) is 12.7. The van der Waals surface area contributed by atoms with Crippen LogP contribution in [0.5, 0.6) is 0 Å². The summed E-state index contributed by atoms with van der Waals surface area (Å²) in [6.07, 6.45) is 5.20. The van der Waals surface area contributed by atoms with Crippen LogP contribution in [0, 0.1) is 17.8 Å². The van der Waals surface area contributed by atoms with Crippen molar-refractivity contribution in [2.75, 3.05) is 13.1 Å². The van der Waals surface area contributed by atoms with Gasteiger partial charge in [-0.15, -0.1) is 0 Å². The van der Waals surface area contributed by atoms with E-state index in [1.807, 2.05) is 0 Å². The monoisotopic (exact) mass is 250 g/mol. The normalized spacial score (nSPS) is 39.7. The number of nitrogens with one attached hydrogen (secondary N) is 1. The molecule has 3 aliphatic rings. The average molecular weight is 250 g/mol. The van der Waals surface area contributed by atoms with Crippen molar-refractivity contribution in [1.82, 2.24) is 10.2 Å². The van der Waals surface area contributed by atoms with E-state index in [2.05, 4.69) is 12.2 Å². The highest BCUT2D eigenvalue weighted by Gasteiger charge is 2.52. The smallest absolute Gasteiger partial charge is 0.233 e. The van der Waals surface area contributed by atoms with Gasteiger partial charge >= 0.3 is 0 Å². The van der Waals surface area contributed by atoms with Crippen LogP contribution in [0.4, 0.5) is 0 Å². The average Bonchev–Trinajstić information content (AvgIpc) is 3.06. The van der Waals surface area contributed by atoms with Crippen LogP contribution in [-0.4, -0.2) is 35.8 Å². The Bertz CT molecular complexity index is 339. The third-order valence-electron chi connectivity index (χ3n) is 4.97. The number of carbonyl (C=O) groups is 2. The highest BCUT2D eigenvalue weighted by Crippen LogP contribution is 2.44. The van der Waals surface area contributed by atoms with E-state index >= 15 is 0 Å². The lowest BCUT2D eigenvalue weighted by Gasteiger charge is -2.21. The number of hydrogen-bond acceptors (Lipinski definition) is 3. The standard InChI is InChI=1S/C14H22N2O2/c1-2-9-6-11-12(7-9)14(18)16(13(11)17)8-10-4-3-5-15-10/h9-12,15H,2-8H2,1H3/t9?,10-,11?,12?/m1/s1. The molecule has 2 unspecified atom stereocenters. The Labute approximate surface area is 108 Å². The molecule has 1 aliphatic carbocycles. The van der Waals surface area contributed by atoms with Crippen molar-refractivity contribution in [3.63, 3.8) is 0 Å². The summed E-state index contributed by atoms with van der Waals surface area (Å²) in [4.78, 5) is 26.2. The zero-order valence-electron chi connectivity index (χ0n) is 11.0. The quantitative estimate of drug-likeness (QED) is 0.765. The molecule has 0 aromatic carbocycles. The molecular weight excluding hydrogens is 228 g/mol. The number of likely N-dealkylation sites (tertiary alicyclic amines) is 1. The largest absolute Gasteiger partial charge is 0.312 e. The molecule has 3 fully saturated rings. The van der Waals surface area contributed by atoms with Gasteiger partial charge in [0.15, 0.2) is 0 Å². The van der Waals surface area contributed by atoms with Gasteiger partial charge in [0.25, 0.3) is 0 Å². The number of amides is 2. The number of rotatable bonds is 3. The first-order valence-corrected chi connectivity index (χ1v) is 7.29. The highest BCUT2D eigenvalue weighted by molar-refractivity contribution is 6.05. The van der Waals surface area contributed by atoms with Crippen LogP contribution in [-0.2, 0) is 9.59 Å². The Morgan fingerprint density at radius 2 is 1.89 bits per heavy atom. The van der Waals surface area contributed by atoms with Gasteiger partial charge in [0.05, 0.1) is 11.8 Å². The second-order valence-electron chi connectivity index (χ2n) is 6.04. The van der Waals surface area contributed by atoms with Crippen molar-refractivity contribution in [3.8, 4) is 0 Å². The Hall–Kier alpha value is -0.900. The van der Waals surface area contributed by atoms with Crippen LogP contribution in [0.25, 0.3) is 0 Å². The van der Waals surface area contributed by atoms with Gasteiger partial charge in [0.2, 0.25) is 11.8 Å². The van der Waals surface area contributed by atoms with Crippen molar-refractivity contribution >= 4 is 11.8 Å². The Balaban J connectivity index is 1.68. The van der Waals surface area contributed by atoms with E-state index in [0.29, 0.717) is 18.5 Å². The molecule has 3 rings (SSSR count). The van der Waals surface area contributed by atoms with Crippen molar-refractivity contribution in [2.45, 2.75) is 45.1 Å². The molecule has 100 valence electrons. The first-order valence-electron chi connectivity index (χ1n) is 7.29. The van der Waals surface area contributed by atoms with Gasteiger partial charge < -0.3 is 5.32 Å². The maximum atomic E-state index is 12.3. The lowest BCUT2D eigenvalue weighted by atomic mass is 10.00. The van der Waals surface area contributed by atoms with E-state index in [1.165, 1.54) is 0 Å². The van der Waals surface area contributed by atoms with E-state index in [0.717, 1.165) is 38.6 Å². The van der Waals surface area contributed by atoms with Crippen LogP contribution in [0.1, 0.15) is 39.0 Å². The SMILES string of the molecule is CCC1CC2C(=O)N(C[C@H]3CCCN3)C(=O)C2C1. The second kappa shape index (κ2) is 4.65. The van der Waals surface area contributed by atoms with Gasteiger partial charge in [-0.05, 0) is 38.1 Å². The molecular formula is C14H22N2O2. The molecule has 2 aliphatic heterocycles. The molecule has 3 atom stereocenters. The fraction of sp³-hybridized carbons (Fsp3) is 0.857. The maximum absolute atomic E-state index is 12.3. The number of fused-ring (bicyclic) bond motifs is 1. The topological polar surface area (TPSA) is 49.4 Å². The fourth-order valence-corrected chi connectivity index (χ4v) is 3.84. The molecule has 2 amide bonds. The highest BCUT2D eigenvalue weighted by atomic mass is 16.2. The lowest BCUT2D eigenvalue weighted by molar-refractivity contribution is -0.140. The first-order chi connectivity index (χ1) is 8.70. The van der Waals surface area contributed by atoms with Crippen LogP contribution in [0.2, 0.25) is 0 Å². The van der Waals surface area contributed by atoms with Gasteiger partial charge in [-0.1, -0.05) is 13.3 Å². The summed E-state index contributed by atoms with van der Waals surface area (Å²) in [5.41, 5.74) is 0. The van der Waals surface area contributed by atoms with E-state index in [1.54, 1.807) is 4.90 Å². The molecule has 0 bridgehead atoms. The third-order valence-corrected chi connectivity index (χ3v) is 4.97.